The van der Waals surface area contributed by atoms with E-state index in [0.717, 1.165) is 28.2 Å². The Bertz CT molecular complexity index is 805. The minimum Gasteiger partial charge on any atom is -0.437 e. The predicted molar refractivity (Wildman–Crippen MR) is 83.8 cm³/mol. The Labute approximate surface area is 124 Å². The van der Waals surface area contributed by atoms with E-state index in [1.165, 1.54) is 5.56 Å². The largest absolute Gasteiger partial charge is 0.437 e. The molecule has 3 aromatic rings. The maximum absolute atomic E-state index is 6.12. The lowest BCUT2D eigenvalue weighted by Crippen LogP contribution is -2.03. The Morgan fingerprint density at radius 3 is 2.62 bits per heavy atom. The van der Waals surface area contributed by atoms with Crippen LogP contribution in [0.4, 0.5) is 0 Å². The number of aromatic nitrogens is 2. The Hall–Kier alpha value is -2.33. The molecule has 0 spiro atoms. The molecule has 3 rings (SSSR count). The molecule has 0 atom stereocenters. The smallest absolute Gasteiger partial charge is 0.242 e. The van der Waals surface area contributed by atoms with Gasteiger partial charge in [0.15, 0.2) is 0 Å². The Morgan fingerprint density at radius 2 is 1.86 bits per heavy atom. The number of aryl methyl sites for hydroxylation is 2. The van der Waals surface area contributed by atoms with E-state index in [-0.39, 0.29) is 0 Å². The van der Waals surface area contributed by atoms with Gasteiger partial charge in [-0.05, 0) is 49.6 Å². The lowest BCUT2D eigenvalue weighted by molar-refractivity contribution is 0.452. The normalized spacial score (nSPS) is 11.0. The fourth-order valence-corrected chi connectivity index (χ4v) is 2.47. The summed E-state index contributed by atoms with van der Waals surface area (Å²) in [4.78, 5) is 4.55. The van der Waals surface area contributed by atoms with E-state index in [9.17, 15) is 0 Å². The molecule has 0 aliphatic heterocycles. The maximum Gasteiger partial charge on any atom is 0.242 e. The number of imidazole rings is 1. The molecule has 21 heavy (non-hydrogen) atoms. The second-order valence-electron chi connectivity index (χ2n) is 5.25. The molecule has 2 aromatic heterocycles. The summed E-state index contributed by atoms with van der Waals surface area (Å²) in [7, 11) is 0. The van der Waals surface area contributed by atoms with Crippen LogP contribution in [0.2, 0.25) is 0 Å². The zero-order chi connectivity index (χ0) is 15.0. The maximum atomic E-state index is 6.12. The highest BCUT2D eigenvalue weighted by molar-refractivity contribution is 5.50. The highest BCUT2D eigenvalue weighted by Crippen LogP contribution is 2.32. The summed E-state index contributed by atoms with van der Waals surface area (Å²) >= 11 is 0. The number of nitrogens with two attached hydrogens (primary N) is 1. The summed E-state index contributed by atoms with van der Waals surface area (Å²) < 4.78 is 8.08. The molecule has 1 aromatic carbocycles. The Kier molecular flexibility index (Phi) is 3.39. The van der Waals surface area contributed by atoms with Gasteiger partial charge in [0, 0.05) is 12.7 Å². The molecule has 0 saturated heterocycles. The number of rotatable bonds is 3. The minimum absolute atomic E-state index is 0.379. The molecule has 0 aliphatic rings. The first-order valence-electron chi connectivity index (χ1n) is 7.02. The summed E-state index contributed by atoms with van der Waals surface area (Å²) in [6.45, 7) is 6.56. The number of pyridine rings is 1. The van der Waals surface area contributed by atoms with E-state index in [1.54, 1.807) is 0 Å². The van der Waals surface area contributed by atoms with E-state index >= 15 is 0 Å². The van der Waals surface area contributed by atoms with Crippen LogP contribution in [0.15, 0.2) is 36.5 Å². The van der Waals surface area contributed by atoms with Gasteiger partial charge >= 0.3 is 0 Å². The second kappa shape index (κ2) is 5.22. The van der Waals surface area contributed by atoms with Crippen molar-refractivity contribution in [2.75, 3.05) is 0 Å². The van der Waals surface area contributed by atoms with Crippen LogP contribution in [-0.2, 0) is 6.54 Å². The summed E-state index contributed by atoms with van der Waals surface area (Å²) in [5.41, 5.74) is 11.0. The molecule has 2 N–H and O–H groups in total. The third-order valence-corrected chi connectivity index (χ3v) is 3.86. The average molecular weight is 281 g/mol. The predicted octanol–water partition coefficient (Wildman–Crippen LogP) is 3.51. The second-order valence-corrected chi connectivity index (χ2v) is 5.25. The molecule has 0 bridgehead atoms. The van der Waals surface area contributed by atoms with Gasteiger partial charge < -0.3 is 10.5 Å². The highest BCUT2D eigenvalue weighted by Gasteiger charge is 2.15. The number of fused-ring (bicyclic) bond motifs is 1. The van der Waals surface area contributed by atoms with Crippen LogP contribution >= 0.6 is 0 Å². The molecule has 0 radical (unpaired) electrons. The van der Waals surface area contributed by atoms with Gasteiger partial charge in [-0.1, -0.05) is 18.2 Å². The van der Waals surface area contributed by atoms with Crippen molar-refractivity contribution in [2.45, 2.75) is 27.3 Å². The molecular weight excluding hydrogens is 262 g/mol. The van der Waals surface area contributed by atoms with Crippen LogP contribution in [0.5, 0.6) is 11.6 Å². The molecule has 0 unspecified atom stereocenters. The molecule has 108 valence electrons. The molecule has 2 heterocycles. The number of hydrogen-bond donors (Lipinski definition) is 1. The van der Waals surface area contributed by atoms with Gasteiger partial charge in [-0.25, -0.2) is 0 Å². The van der Waals surface area contributed by atoms with Crippen LogP contribution < -0.4 is 10.5 Å². The van der Waals surface area contributed by atoms with E-state index in [2.05, 4.69) is 31.0 Å². The fourth-order valence-electron chi connectivity index (χ4n) is 2.47. The molecule has 0 fully saturated rings. The molecule has 0 aliphatic carbocycles. The first kappa shape index (κ1) is 13.6. The SMILES string of the molecule is Cc1ccc(C)c(Oc2nc3ccccn3c2CN)c1C. The molecule has 0 amide bonds. The zero-order valence-corrected chi connectivity index (χ0v) is 12.6. The van der Waals surface area contributed by atoms with E-state index in [0.29, 0.717) is 12.4 Å². The van der Waals surface area contributed by atoms with Crippen molar-refractivity contribution in [3.8, 4) is 11.6 Å². The van der Waals surface area contributed by atoms with Crippen molar-refractivity contribution < 1.29 is 4.74 Å². The van der Waals surface area contributed by atoms with Gasteiger partial charge in [0.2, 0.25) is 5.88 Å². The monoisotopic (exact) mass is 281 g/mol. The third-order valence-electron chi connectivity index (χ3n) is 3.86. The van der Waals surface area contributed by atoms with Gasteiger partial charge in [-0.2, -0.15) is 4.98 Å². The van der Waals surface area contributed by atoms with E-state index in [4.69, 9.17) is 10.5 Å². The van der Waals surface area contributed by atoms with E-state index in [1.807, 2.05) is 35.7 Å². The molecule has 0 saturated carbocycles. The number of nitrogens with zero attached hydrogens (tertiary/aromatic N) is 2. The molecule has 4 heteroatoms. The molecule has 4 nitrogen and oxygen atoms in total. The van der Waals surface area contributed by atoms with Crippen molar-refractivity contribution in [1.82, 2.24) is 9.38 Å². The van der Waals surface area contributed by atoms with Crippen molar-refractivity contribution in [1.29, 1.82) is 0 Å². The summed E-state index contributed by atoms with van der Waals surface area (Å²) in [5.74, 6) is 1.45. The summed E-state index contributed by atoms with van der Waals surface area (Å²) in [5, 5.41) is 0. The topological polar surface area (TPSA) is 52.5 Å². The Balaban J connectivity index is 2.12. The number of benzene rings is 1. The first-order chi connectivity index (χ1) is 10.1. The average Bonchev–Trinajstić information content (AvgIpc) is 2.84. The van der Waals surface area contributed by atoms with Gasteiger partial charge in [0.25, 0.3) is 0 Å². The third kappa shape index (κ3) is 2.28. The highest BCUT2D eigenvalue weighted by atomic mass is 16.5. The zero-order valence-electron chi connectivity index (χ0n) is 12.6. The quantitative estimate of drug-likeness (QED) is 0.799. The summed E-state index contributed by atoms with van der Waals surface area (Å²) in [6.07, 6.45) is 1.95. The Morgan fingerprint density at radius 1 is 1.10 bits per heavy atom. The lowest BCUT2D eigenvalue weighted by atomic mass is 10.1. The van der Waals surface area contributed by atoms with Crippen molar-refractivity contribution in [3.63, 3.8) is 0 Å². The van der Waals surface area contributed by atoms with Gasteiger partial charge in [0.1, 0.15) is 17.1 Å². The van der Waals surface area contributed by atoms with Crippen molar-refractivity contribution >= 4 is 5.65 Å². The van der Waals surface area contributed by atoms with Gasteiger partial charge in [-0.3, -0.25) is 4.40 Å². The van der Waals surface area contributed by atoms with Gasteiger partial charge in [-0.15, -0.1) is 0 Å². The van der Waals surface area contributed by atoms with Crippen molar-refractivity contribution in [2.24, 2.45) is 5.73 Å². The summed E-state index contributed by atoms with van der Waals surface area (Å²) in [6, 6.07) is 10.0. The van der Waals surface area contributed by atoms with Crippen molar-refractivity contribution in [3.05, 3.63) is 58.9 Å². The molecular formula is C17H19N3O. The van der Waals surface area contributed by atoms with Gasteiger partial charge in [0.05, 0.1) is 0 Å². The lowest BCUT2D eigenvalue weighted by Gasteiger charge is -2.12. The number of hydrogen-bond acceptors (Lipinski definition) is 3. The van der Waals surface area contributed by atoms with Crippen LogP contribution in [0.1, 0.15) is 22.4 Å². The van der Waals surface area contributed by atoms with Crippen LogP contribution in [0.3, 0.4) is 0 Å². The number of ether oxygens (including phenoxy) is 1. The minimum atomic E-state index is 0.379. The van der Waals surface area contributed by atoms with Crippen LogP contribution in [0.25, 0.3) is 5.65 Å². The van der Waals surface area contributed by atoms with E-state index < -0.39 is 0 Å². The first-order valence-corrected chi connectivity index (χ1v) is 7.02. The fraction of sp³-hybridized carbons (Fsp3) is 0.235. The van der Waals surface area contributed by atoms with Crippen LogP contribution in [0, 0.1) is 20.8 Å². The van der Waals surface area contributed by atoms with Crippen LogP contribution in [-0.4, -0.2) is 9.38 Å². The standard InChI is InChI=1S/C17H19N3O/c1-11-7-8-12(2)16(13(11)3)21-17-14(10-18)20-9-5-4-6-15(20)19-17/h4-9H,10,18H2,1-3H3.